The van der Waals surface area contributed by atoms with Gasteiger partial charge >= 0.3 is 0 Å². The smallest absolute Gasteiger partial charge is 0.275 e. The van der Waals surface area contributed by atoms with Crippen molar-refractivity contribution in [2.75, 3.05) is 5.01 Å². The number of amides is 1. The van der Waals surface area contributed by atoms with Gasteiger partial charge in [0.05, 0.1) is 16.9 Å². The number of carbonyl (C=O) groups excluding carboxylic acids is 1. The van der Waals surface area contributed by atoms with Gasteiger partial charge in [-0.15, -0.1) is 0 Å². The number of nitrogens with zero attached hydrogens (tertiary/aromatic N) is 1. The normalized spacial score (nSPS) is 16.6. The molecule has 1 aliphatic heterocycles. The van der Waals surface area contributed by atoms with Crippen molar-refractivity contribution in [2.45, 2.75) is 6.23 Å². The van der Waals surface area contributed by atoms with Gasteiger partial charge in [-0.2, -0.15) is 0 Å². The Bertz CT molecular complexity index is 1060. The minimum absolute atomic E-state index is 0.0519. The molecule has 4 rings (SSSR count). The number of halogens is 1. The predicted octanol–water partition coefficient (Wildman–Crippen LogP) is 2.04. The quantitative estimate of drug-likeness (QED) is 0.533. The standard InChI is InChI=1S/C17H12ClN3O4/c18-8-1-6-11-12(7-8)19-14-13(15(11)23)16(24)20-21(17(14)25)9-2-4-10(22)5-3-9/h1-7,17,22,25H,(H,19,23)(H,20,24). The van der Waals surface area contributed by atoms with Gasteiger partial charge in [0, 0.05) is 10.4 Å². The van der Waals surface area contributed by atoms with Gasteiger partial charge in [-0.05, 0) is 42.5 Å². The van der Waals surface area contributed by atoms with Gasteiger partial charge in [0.1, 0.15) is 11.3 Å². The molecule has 126 valence electrons. The van der Waals surface area contributed by atoms with E-state index in [0.29, 0.717) is 21.6 Å². The molecular weight excluding hydrogens is 346 g/mol. The lowest BCUT2D eigenvalue weighted by atomic mass is 10.0. The molecule has 0 bridgehead atoms. The first-order chi connectivity index (χ1) is 12.0. The Balaban J connectivity index is 1.91. The van der Waals surface area contributed by atoms with Crippen LogP contribution in [0.3, 0.4) is 0 Å². The Kier molecular flexibility index (Phi) is 3.41. The number of hydrogen-bond donors (Lipinski definition) is 4. The average Bonchev–Trinajstić information content (AvgIpc) is 2.58. The molecule has 1 amide bonds. The van der Waals surface area contributed by atoms with Crippen LogP contribution in [-0.4, -0.2) is 21.1 Å². The van der Waals surface area contributed by atoms with E-state index in [1.807, 2.05) is 0 Å². The van der Waals surface area contributed by atoms with Crippen LogP contribution < -0.4 is 15.9 Å². The Morgan fingerprint density at radius 1 is 1.08 bits per heavy atom. The van der Waals surface area contributed by atoms with Crippen molar-refractivity contribution < 1.29 is 15.0 Å². The molecule has 1 atom stereocenters. The number of aromatic hydroxyl groups is 1. The summed E-state index contributed by atoms with van der Waals surface area (Å²) >= 11 is 5.96. The molecule has 0 spiro atoms. The molecule has 3 aromatic rings. The number of fused-ring (bicyclic) bond motifs is 2. The summed E-state index contributed by atoms with van der Waals surface area (Å²) in [4.78, 5) is 28.0. The van der Waals surface area contributed by atoms with Gasteiger partial charge in [0.2, 0.25) is 5.43 Å². The molecule has 7 nitrogen and oxygen atoms in total. The van der Waals surface area contributed by atoms with Crippen LogP contribution >= 0.6 is 11.6 Å². The number of phenolic OH excluding ortho intramolecular Hbond substituents is 1. The maximum Gasteiger partial charge on any atom is 0.275 e. The topological polar surface area (TPSA) is 106 Å². The fourth-order valence-corrected chi connectivity index (χ4v) is 3.05. The highest BCUT2D eigenvalue weighted by Gasteiger charge is 2.34. The van der Waals surface area contributed by atoms with Crippen molar-refractivity contribution >= 4 is 34.1 Å². The summed E-state index contributed by atoms with van der Waals surface area (Å²) in [5.41, 5.74) is 2.81. The van der Waals surface area contributed by atoms with Gasteiger partial charge in [0.25, 0.3) is 5.91 Å². The molecule has 0 fully saturated rings. The second-order valence-electron chi connectivity index (χ2n) is 5.63. The van der Waals surface area contributed by atoms with E-state index in [9.17, 15) is 19.8 Å². The molecule has 0 saturated heterocycles. The third-order valence-electron chi connectivity index (χ3n) is 4.07. The Labute approximate surface area is 146 Å². The molecular formula is C17H12ClN3O4. The summed E-state index contributed by atoms with van der Waals surface area (Å²) in [6.07, 6.45) is -1.31. The molecule has 2 aromatic carbocycles. The lowest BCUT2D eigenvalue weighted by Crippen LogP contribution is -2.51. The Morgan fingerprint density at radius 3 is 2.52 bits per heavy atom. The number of pyridine rings is 1. The number of aromatic nitrogens is 1. The molecule has 0 radical (unpaired) electrons. The second kappa shape index (κ2) is 5.51. The van der Waals surface area contributed by atoms with Crippen LogP contribution in [0.2, 0.25) is 5.02 Å². The van der Waals surface area contributed by atoms with E-state index in [4.69, 9.17) is 11.6 Å². The summed E-state index contributed by atoms with van der Waals surface area (Å²) in [6, 6.07) is 10.6. The molecule has 0 aliphatic carbocycles. The fourth-order valence-electron chi connectivity index (χ4n) is 2.88. The molecule has 25 heavy (non-hydrogen) atoms. The first-order valence-corrected chi connectivity index (χ1v) is 7.76. The number of phenols is 1. The molecule has 2 heterocycles. The largest absolute Gasteiger partial charge is 0.508 e. The SMILES string of the molecule is O=C1NN(c2ccc(O)cc2)C(O)c2[nH]c3cc(Cl)ccc3c(=O)c21. The fraction of sp³-hybridized carbons (Fsp3) is 0.0588. The summed E-state index contributed by atoms with van der Waals surface area (Å²) in [5, 5.41) is 22.0. The van der Waals surface area contributed by atoms with Crippen molar-refractivity contribution in [1.29, 1.82) is 0 Å². The zero-order valence-electron chi connectivity index (χ0n) is 12.7. The second-order valence-corrected chi connectivity index (χ2v) is 6.07. The van der Waals surface area contributed by atoms with Crippen molar-refractivity contribution in [2.24, 2.45) is 0 Å². The summed E-state index contributed by atoms with van der Waals surface area (Å²) in [5.74, 6) is -0.581. The highest BCUT2D eigenvalue weighted by Crippen LogP contribution is 2.29. The lowest BCUT2D eigenvalue weighted by molar-refractivity contribution is 0.0834. The maximum atomic E-state index is 12.6. The molecule has 1 aromatic heterocycles. The van der Waals surface area contributed by atoms with E-state index >= 15 is 0 Å². The molecule has 4 N–H and O–H groups in total. The Hall–Kier alpha value is -3.03. The van der Waals surface area contributed by atoms with Gasteiger partial charge in [-0.3, -0.25) is 20.0 Å². The van der Waals surface area contributed by atoms with Gasteiger partial charge in [-0.1, -0.05) is 11.6 Å². The Morgan fingerprint density at radius 2 is 1.80 bits per heavy atom. The van der Waals surface area contributed by atoms with Crippen LogP contribution in [0.5, 0.6) is 5.75 Å². The summed E-state index contributed by atoms with van der Waals surface area (Å²) < 4.78 is 0. The van der Waals surface area contributed by atoms with Crippen molar-refractivity contribution in [3.8, 4) is 5.75 Å². The van der Waals surface area contributed by atoms with Gasteiger partial charge in [0.15, 0.2) is 6.23 Å². The number of anilines is 1. The number of benzene rings is 2. The highest BCUT2D eigenvalue weighted by atomic mass is 35.5. The number of hydrazine groups is 1. The lowest BCUT2D eigenvalue weighted by Gasteiger charge is -2.34. The molecule has 1 aliphatic rings. The van der Waals surface area contributed by atoms with Gasteiger partial charge in [-0.25, -0.2) is 0 Å². The monoisotopic (exact) mass is 357 g/mol. The van der Waals surface area contributed by atoms with E-state index in [-0.39, 0.29) is 17.0 Å². The van der Waals surface area contributed by atoms with Crippen LogP contribution in [0, 0.1) is 0 Å². The predicted molar refractivity (Wildman–Crippen MR) is 92.6 cm³/mol. The number of carbonyl (C=O) groups is 1. The van der Waals surface area contributed by atoms with Crippen molar-refractivity contribution in [1.82, 2.24) is 10.4 Å². The summed E-state index contributed by atoms with van der Waals surface area (Å²) in [6.45, 7) is 0. The number of aliphatic hydroxyl groups is 1. The third-order valence-corrected chi connectivity index (χ3v) is 4.31. The third kappa shape index (κ3) is 2.41. The van der Waals surface area contributed by atoms with Crippen LogP contribution in [0.1, 0.15) is 22.3 Å². The van der Waals surface area contributed by atoms with Crippen molar-refractivity contribution in [3.05, 3.63) is 69.0 Å². The van der Waals surface area contributed by atoms with Crippen LogP contribution in [-0.2, 0) is 0 Å². The maximum absolute atomic E-state index is 12.6. The molecule has 8 heteroatoms. The molecule has 0 saturated carbocycles. The van der Waals surface area contributed by atoms with Crippen molar-refractivity contribution in [3.63, 3.8) is 0 Å². The number of H-pyrrole nitrogens is 1. The van der Waals surface area contributed by atoms with E-state index < -0.39 is 17.6 Å². The van der Waals surface area contributed by atoms with Gasteiger partial charge < -0.3 is 15.2 Å². The number of rotatable bonds is 1. The minimum atomic E-state index is -1.31. The molecule has 1 unspecified atom stereocenters. The van der Waals surface area contributed by atoms with E-state index in [1.54, 1.807) is 12.1 Å². The number of hydrogen-bond acceptors (Lipinski definition) is 5. The van der Waals surface area contributed by atoms with Crippen LogP contribution in [0.25, 0.3) is 10.9 Å². The number of aliphatic hydroxyl groups excluding tert-OH is 1. The zero-order valence-corrected chi connectivity index (χ0v) is 13.4. The van der Waals surface area contributed by atoms with Crippen LogP contribution in [0.4, 0.5) is 5.69 Å². The summed E-state index contributed by atoms with van der Waals surface area (Å²) in [7, 11) is 0. The number of aromatic amines is 1. The first-order valence-electron chi connectivity index (χ1n) is 7.38. The van der Waals surface area contributed by atoms with Crippen LogP contribution in [0.15, 0.2) is 47.3 Å². The van der Waals surface area contributed by atoms with E-state index in [2.05, 4.69) is 10.4 Å². The van der Waals surface area contributed by atoms with E-state index in [0.717, 1.165) is 0 Å². The number of nitrogens with one attached hydrogen (secondary N) is 2. The minimum Gasteiger partial charge on any atom is -0.508 e. The highest BCUT2D eigenvalue weighted by molar-refractivity contribution is 6.31. The average molecular weight is 358 g/mol. The van der Waals surface area contributed by atoms with E-state index in [1.165, 1.54) is 35.3 Å². The zero-order chi connectivity index (χ0) is 17.7. The first kappa shape index (κ1) is 15.5.